The molecule has 1 heteroatoms. The average Bonchev–Trinajstić information content (AvgIpc) is 3.41. The zero-order valence-corrected chi connectivity index (χ0v) is 25.3. The highest BCUT2D eigenvalue weighted by Gasteiger charge is 2.46. The van der Waals surface area contributed by atoms with E-state index in [0.717, 1.165) is 17.1 Å². The molecule has 0 aromatic heterocycles. The molecule has 1 aliphatic rings. The van der Waals surface area contributed by atoms with Gasteiger partial charge in [0, 0.05) is 17.1 Å². The highest BCUT2D eigenvalue weighted by Crippen LogP contribution is 2.57. The zero-order valence-electron chi connectivity index (χ0n) is 25.3. The Kier molecular flexibility index (Phi) is 6.65. The van der Waals surface area contributed by atoms with Crippen LogP contribution in [0, 0.1) is 6.92 Å². The summed E-state index contributed by atoms with van der Waals surface area (Å²) in [4.78, 5) is 2.39. The van der Waals surface area contributed by atoms with Crippen molar-refractivity contribution in [2.75, 3.05) is 4.90 Å². The molecule has 214 valence electrons. The molecule has 7 aromatic carbocycles. The summed E-state index contributed by atoms with van der Waals surface area (Å²) >= 11 is 0. The lowest BCUT2D eigenvalue weighted by molar-refractivity contribution is 0.768. The van der Waals surface area contributed by atoms with Gasteiger partial charge in [0.25, 0.3) is 0 Å². The summed E-state index contributed by atoms with van der Waals surface area (Å²) in [6.45, 7) is 2.14. The maximum atomic E-state index is 2.43. The Balaban J connectivity index is 1.36. The first-order chi connectivity index (χ1) is 22.2. The molecule has 0 N–H and O–H groups in total. The Labute approximate surface area is 265 Å². The fraction of sp³-hybridized carbons (Fsp3) is 0.0455. The van der Waals surface area contributed by atoms with Gasteiger partial charge in [-0.15, -0.1) is 0 Å². The largest absolute Gasteiger partial charge is 0.310 e. The molecule has 0 amide bonds. The topological polar surface area (TPSA) is 3.24 Å². The standard InChI is InChI=1S/C44H33N/c1-32-21-25-37(26-22-32)45(38-27-23-34(24-28-38)33-13-5-2-6-14-33)39-29-30-41-40-19-11-12-20-42(40)44(43(41)31-39,35-15-7-3-8-16-35)36-17-9-4-10-18-36/h2-31H,1H3. The van der Waals surface area contributed by atoms with Crippen LogP contribution in [0.4, 0.5) is 17.1 Å². The Morgan fingerprint density at radius 2 is 0.844 bits per heavy atom. The summed E-state index contributed by atoms with van der Waals surface area (Å²) in [6, 6.07) is 66.4. The highest BCUT2D eigenvalue weighted by atomic mass is 15.1. The molecule has 0 atom stereocenters. The molecule has 7 aromatic rings. The van der Waals surface area contributed by atoms with Gasteiger partial charge in [-0.05, 0) is 87.8 Å². The number of nitrogens with zero attached hydrogens (tertiary/aromatic N) is 1. The van der Waals surface area contributed by atoms with E-state index in [1.807, 2.05) is 0 Å². The fourth-order valence-electron chi connectivity index (χ4n) is 7.15. The molecule has 0 bridgehead atoms. The van der Waals surface area contributed by atoms with Crippen molar-refractivity contribution in [2.45, 2.75) is 12.3 Å². The minimum Gasteiger partial charge on any atom is -0.310 e. The van der Waals surface area contributed by atoms with Gasteiger partial charge in [0.1, 0.15) is 0 Å². The van der Waals surface area contributed by atoms with Gasteiger partial charge >= 0.3 is 0 Å². The van der Waals surface area contributed by atoms with Crippen LogP contribution in [0.5, 0.6) is 0 Å². The number of aryl methyl sites for hydroxylation is 1. The van der Waals surface area contributed by atoms with Crippen molar-refractivity contribution < 1.29 is 0 Å². The third-order valence-electron chi connectivity index (χ3n) is 9.22. The van der Waals surface area contributed by atoms with E-state index in [-0.39, 0.29) is 0 Å². The molecule has 1 nitrogen and oxygen atoms in total. The smallest absolute Gasteiger partial charge is 0.0714 e. The fourth-order valence-corrected chi connectivity index (χ4v) is 7.15. The van der Waals surface area contributed by atoms with Crippen molar-refractivity contribution in [3.05, 3.63) is 210 Å². The molecule has 8 rings (SSSR count). The van der Waals surface area contributed by atoms with Gasteiger partial charge in [0.05, 0.1) is 5.41 Å². The van der Waals surface area contributed by atoms with Crippen molar-refractivity contribution in [1.82, 2.24) is 0 Å². The van der Waals surface area contributed by atoms with Gasteiger partial charge in [-0.3, -0.25) is 0 Å². The van der Waals surface area contributed by atoms with Crippen LogP contribution in [-0.4, -0.2) is 0 Å². The Morgan fingerprint density at radius 1 is 0.378 bits per heavy atom. The average molecular weight is 576 g/mol. The number of hydrogen-bond donors (Lipinski definition) is 0. The van der Waals surface area contributed by atoms with Gasteiger partial charge in [0.15, 0.2) is 0 Å². The first-order valence-corrected chi connectivity index (χ1v) is 15.6. The Bertz CT molecular complexity index is 2040. The number of rotatable bonds is 6. The monoisotopic (exact) mass is 575 g/mol. The van der Waals surface area contributed by atoms with Crippen LogP contribution < -0.4 is 4.90 Å². The molecule has 0 spiro atoms. The van der Waals surface area contributed by atoms with Crippen LogP contribution in [-0.2, 0) is 5.41 Å². The Hall–Kier alpha value is -5.66. The molecule has 0 radical (unpaired) electrons. The summed E-state index contributed by atoms with van der Waals surface area (Å²) in [5.74, 6) is 0. The predicted octanol–water partition coefficient (Wildman–Crippen LogP) is 11.5. The maximum absolute atomic E-state index is 2.43. The third kappa shape index (κ3) is 4.48. The lowest BCUT2D eigenvalue weighted by atomic mass is 9.67. The first-order valence-electron chi connectivity index (χ1n) is 15.6. The predicted molar refractivity (Wildman–Crippen MR) is 189 cm³/mol. The van der Waals surface area contributed by atoms with Gasteiger partial charge in [-0.25, -0.2) is 0 Å². The van der Waals surface area contributed by atoms with Gasteiger partial charge in [0.2, 0.25) is 0 Å². The molecule has 0 heterocycles. The molecule has 0 saturated carbocycles. The van der Waals surface area contributed by atoms with Crippen LogP contribution in [0.25, 0.3) is 22.3 Å². The Morgan fingerprint density at radius 3 is 1.47 bits per heavy atom. The second-order valence-corrected chi connectivity index (χ2v) is 11.8. The highest BCUT2D eigenvalue weighted by molar-refractivity contribution is 5.89. The van der Waals surface area contributed by atoms with E-state index in [1.165, 1.54) is 50.1 Å². The molecule has 45 heavy (non-hydrogen) atoms. The van der Waals surface area contributed by atoms with Crippen molar-refractivity contribution in [3.63, 3.8) is 0 Å². The molecule has 0 unspecified atom stereocenters. The van der Waals surface area contributed by atoms with Crippen LogP contribution >= 0.6 is 0 Å². The lowest BCUT2D eigenvalue weighted by Crippen LogP contribution is -2.28. The second kappa shape index (κ2) is 11.1. The van der Waals surface area contributed by atoms with Crippen LogP contribution in [0.15, 0.2) is 182 Å². The summed E-state index contributed by atoms with van der Waals surface area (Å²) in [7, 11) is 0. The van der Waals surface area contributed by atoms with Crippen molar-refractivity contribution >= 4 is 17.1 Å². The van der Waals surface area contributed by atoms with Crippen molar-refractivity contribution in [3.8, 4) is 22.3 Å². The molecule has 1 aliphatic carbocycles. The number of benzene rings is 7. The van der Waals surface area contributed by atoms with Gasteiger partial charge in [-0.2, -0.15) is 0 Å². The van der Waals surface area contributed by atoms with Crippen molar-refractivity contribution in [1.29, 1.82) is 0 Å². The molecule has 0 aliphatic heterocycles. The summed E-state index contributed by atoms with van der Waals surface area (Å²) < 4.78 is 0. The zero-order chi connectivity index (χ0) is 30.2. The van der Waals surface area contributed by atoms with E-state index < -0.39 is 5.41 Å². The van der Waals surface area contributed by atoms with Crippen LogP contribution in [0.3, 0.4) is 0 Å². The lowest BCUT2D eigenvalue weighted by Gasteiger charge is -2.35. The normalized spacial score (nSPS) is 12.7. The summed E-state index contributed by atoms with van der Waals surface area (Å²) in [5, 5.41) is 0. The summed E-state index contributed by atoms with van der Waals surface area (Å²) in [6.07, 6.45) is 0. The van der Waals surface area contributed by atoms with E-state index in [1.54, 1.807) is 0 Å². The van der Waals surface area contributed by atoms with Gasteiger partial charge in [-0.1, -0.05) is 151 Å². The van der Waals surface area contributed by atoms with E-state index >= 15 is 0 Å². The molecular weight excluding hydrogens is 542 g/mol. The molecule has 0 saturated heterocycles. The van der Waals surface area contributed by atoms with E-state index in [9.17, 15) is 0 Å². The van der Waals surface area contributed by atoms with Gasteiger partial charge < -0.3 is 4.90 Å². The minimum atomic E-state index is -0.444. The van der Waals surface area contributed by atoms with Crippen LogP contribution in [0.2, 0.25) is 0 Å². The quantitative estimate of drug-likeness (QED) is 0.191. The SMILES string of the molecule is Cc1ccc(N(c2ccc(-c3ccccc3)cc2)c2ccc3c(c2)C(c2ccccc2)(c2ccccc2)c2ccccc2-3)cc1. The van der Waals surface area contributed by atoms with E-state index in [2.05, 4.69) is 194 Å². The number of anilines is 3. The van der Waals surface area contributed by atoms with E-state index in [0.29, 0.717) is 0 Å². The van der Waals surface area contributed by atoms with Crippen molar-refractivity contribution in [2.24, 2.45) is 0 Å². The third-order valence-corrected chi connectivity index (χ3v) is 9.22. The minimum absolute atomic E-state index is 0.444. The second-order valence-electron chi connectivity index (χ2n) is 11.8. The molecule has 0 fully saturated rings. The summed E-state index contributed by atoms with van der Waals surface area (Å²) in [5.41, 5.74) is 14.4. The number of fused-ring (bicyclic) bond motifs is 3. The molecular formula is C44H33N. The van der Waals surface area contributed by atoms with E-state index in [4.69, 9.17) is 0 Å². The first kappa shape index (κ1) is 26.9. The van der Waals surface area contributed by atoms with Crippen LogP contribution in [0.1, 0.15) is 27.8 Å². The maximum Gasteiger partial charge on any atom is 0.0714 e. The number of hydrogen-bond acceptors (Lipinski definition) is 1.